The highest BCUT2D eigenvalue weighted by Crippen LogP contribution is 2.40. The van der Waals surface area contributed by atoms with Crippen LogP contribution in [-0.2, 0) is 6.54 Å². The van der Waals surface area contributed by atoms with Gasteiger partial charge in [-0.05, 0) is 50.6 Å². The fraction of sp³-hybridized carbons (Fsp3) is 0.333. The van der Waals surface area contributed by atoms with Crippen molar-refractivity contribution in [1.29, 1.82) is 0 Å². The summed E-state index contributed by atoms with van der Waals surface area (Å²) in [4.78, 5) is 25.7. The van der Waals surface area contributed by atoms with E-state index < -0.39 is 5.60 Å². The van der Waals surface area contributed by atoms with Crippen molar-refractivity contribution in [1.82, 2.24) is 5.32 Å². The van der Waals surface area contributed by atoms with Gasteiger partial charge >= 0.3 is 0 Å². The Hall–Kier alpha value is -3.48. The van der Waals surface area contributed by atoms with Crippen LogP contribution in [0.4, 0.5) is 0 Å². The van der Waals surface area contributed by atoms with Gasteiger partial charge in [0.2, 0.25) is 0 Å². The quantitative estimate of drug-likeness (QED) is 0.653. The molecule has 0 spiro atoms. The Morgan fingerprint density at radius 3 is 2.58 bits per heavy atom. The first-order valence-corrected chi connectivity index (χ1v) is 10.0. The van der Waals surface area contributed by atoms with E-state index in [1.807, 2.05) is 19.9 Å². The van der Waals surface area contributed by atoms with Crippen molar-refractivity contribution in [2.24, 2.45) is 0 Å². The summed E-state index contributed by atoms with van der Waals surface area (Å²) in [6.45, 7) is 5.83. The lowest BCUT2D eigenvalue weighted by molar-refractivity contribution is 0.0623. The number of hydrogen-bond donors (Lipinski definition) is 1. The molecule has 7 heteroatoms. The maximum Gasteiger partial charge on any atom is 0.287 e. The van der Waals surface area contributed by atoms with Crippen LogP contribution in [-0.4, -0.2) is 31.5 Å². The van der Waals surface area contributed by atoms with Gasteiger partial charge in [0.15, 0.2) is 23.0 Å². The molecule has 0 unspecified atom stereocenters. The minimum atomic E-state index is -0.560. The molecule has 0 aliphatic carbocycles. The van der Waals surface area contributed by atoms with Crippen molar-refractivity contribution < 1.29 is 28.2 Å². The second-order valence-electron chi connectivity index (χ2n) is 8.20. The number of carbonyl (C=O) groups excluding carboxylic acids is 2. The number of nitrogens with one attached hydrogen (secondary N) is 1. The van der Waals surface area contributed by atoms with Crippen LogP contribution in [0.3, 0.4) is 0 Å². The van der Waals surface area contributed by atoms with Crippen molar-refractivity contribution in [2.45, 2.75) is 39.3 Å². The molecule has 2 aromatic carbocycles. The van der Waals surface area contributed by atoms with Gasteiger partial charge in [-0.3, -0.25) is 9.59 Å². The third-order valence-electron chi connectivity index (χ3n) is 5.42. The van der Waals surface area contributed by atoms with Crippen LogP contribution in [0.2, 0.25) is 0 Å². The zero-order valence-corrected chi connectivity index (χ0v) is 18.3. The lowest BCUT2D eigenvalue weighted by Gasteiger charge is -2.31. The number of hydrogen-bond acceptors (Lipinski definition) is 6. The highest BCUT2D eigenvalue weighted by Gasteiger charge is 2.35. The molecule has 31 heavy (non-hydrogen) atoms. The van der Waals surface area contributed by atoms with Gasteiger partial charge in [-0.2, -0.15) is 0 Å². The van der Waals surface area contributed by atoms with Crippen LogP contribution in [0.5, 0.6) is 17.2 Å². The Kier molecular flexibility index (Phi) is 5.13. The minimum Gasteiger partial charge on any atom is -0.493 e. The van der Waals surface area contributed by atoms with E-state index in [0.717, 1.165) is 5.56 Å². The first-order valence-electron chi connectivity index (χ1n) is 10.0. The van der Waals surface area contributed by atoms with Crippen LogP contribution < -0.4 is 19.5 Å². The number of rotatable bonds is 5. The highest BCUT2D eigenvalue weighted by molar-refractivity contribution is 6.13. The number of amides is 1. The third-order valence-corrected chi connectivity index (χ3v) is 5.42. The normalized spacial score (nSPS) is 14.7. The summed E-state index contributed by atoms with van der Waals surface area (Å²) in [6.07, 6.45) is 0.268. The minimum absolute atomic E-state index is 0.0157. The lowest BCUT2D eigenvalue weighted by Crippen LogP contribution is -2.35. The molecule has 162 valence electrons. The molecule has 0 saturated carbocycles. The van der Waals surface area contributed by atoms with Crippen LogP contribution in [0.15, 0.2) is 34.7 Å². The Morgan fingerprint density at radius 2 is 1.87 bits per heavy atom. The number of benzene rings is 2. The van der Waals surface area contributed by atoms with Crippen molar-refractivity contribution in [2.75, 3.05) is 14.2 Å². The van der Waals surface area contributed by atoms with E-state index in [0.29, 0.717) is 39.3 Å². The fourth-order valence-electron chi connectivity index (χ4n) is 3.96. The van der Waals surface area contributed by atoms with Gasteiger partial charge in [0, 0.05) is 17.5 Å². The molecule has 7 nitrogen and oxygen atoms in total. The molecule has 1 aromatic heterocycles. The van der Waals surface area contributed by atoms with Crippen LogP contribution >= 0.6 is 0 Å². The molecule has 2 heterocycles. The monoisotopic (exact) mass is 423 g/mol. The molecule has 1 aliphatic rings. The number of fused-ring (bicyclic) bond motifs is 3. The number of furan rings is 1. The predicted molar refractivity (Wildman–Crippen MR) is 115 cm³/mol. The number of ketones is 1. The summed E-state index contributed by atoms with van der Waals surface area (Å²) in [6, 6.07) is 8.90. The number of aryl methyl sites for hydroxylation is 1. The summed E-state index contributed by atoms with van der Waals surface area (Å²) in [5, 5.41) is 3.50. The van der Waals surface area contributed by atoms with E-state index in [4.69, 9.17) is 18.6 Å². The van der Waals surface area contributed by atoms with Gasteiger partial charge in [-0.25, -0.2) is 0 Å². The van der Waals surface area contributed by atoms with E-state index in [1.54, 1.807) is 45.4 Å². The second-order valence-corrected chi connectivity index (χ2v) is 8.20. The van der Waals surface area contributed by atoms with E-state index in [2.05, 4.69) is 5.32 Å². The molecular weight excluding hydrogens is 398 g/mol. The smallest absolute Gasteiger partial charge is 0.287 e. The Bertz CT molecular complexity index is 1190. The van der Waals surface area contributed by atoms with Gasteiger partial charge in [0.1, 0.15) is 16.9 Å². The van der Waals surface area contributed by atoms with Crippen LogP contribution in [0.25, 0.3) is 11.0 Å². The molecule has 3 aromatic rings. The zero-order valence-electron chi connectivity index (χ0n) is 18.3. The van der Waals surface area contributed by atoms with Gasteiger partial charge < -0.3 is 23.9 Å². The first-order chi connectivity index (χ1) is 14.7. The van der Waals surface area contributed by atoms with Crippen LogP contribution in [0.1, 0.15) is 52.3 Å². The van der Waals surface area contributed by atoms with Crippen molar-refractivity contribution in [3.63, 3.8) is 0 Å². The molecule has 0 radical (unpaired) electrons. The molecule has 0 saturated heterocycles. The Morgan fingerprint density at radius 1 is 1.13 bits per heavy atom. The number of carbonyl (C=O) groups is 2. The predicted octanol–water partition coefficient (Wildman–Crippen LogP) is 4.43. The SMILES string of the molecule is COc1ccc(CNC(=O)c2oc3ccc4c(c3c2C)C(=O)CC(C)(C)O4)cc1OC. The number of Topliss-reactive ketones (excluding diaryl/α,β-unsaturated/α-hetero) is 1. The maximum absolute atomic E-state index is 12.9. The summed E-state index contributed by atoms with van der Waals surface area (Å²) >= 11 is 0. The largest absolute Gasteiger partial charge is 0.493 e. The number of methoxy groups -OCH3 is 2. The number of ether oxygens (including phenoxy) is 3. The Balaban J connectivity index is 1.62. The van der Waals surface area contributed by atoms with E-state index in [-0.39, 0.29) is 30.4 Å². The Labute approximate surface area is 180 Å². The molecule has 0 bridgehead atoms. The molecule has 4 rings (SSSR count). The van der Waals surface area contributed by atoms with Crippen molar-refractivity contribution in [3.8, 4) is 17.2 Å². The van der Waals surface area contributed by atoms with Gasteiger partial charge in [0.05, 0.1) is 26.2 Å². The van der Waals surface area contributed by atoms with Gasteiger partial charge in [0.25, 0.3) is 5.91 Å². The summed E-state index contributed by atoms with van der Waals surface area (Å²) in [7, 11) is 3.13. The topological polar surface area (TPSA) is 87.0 Å². The van der Waals surface area contributed by atoms with Crippen molar-refractivity contribution in [3.05, 3.63) is 52.8 Å². The van der Waals surface area contributed by atoms with E-state index in [9.17, 15) is 9.59 Å². The van der Waals surface area contributed by atoms with E-state index >= 15 is 0 Å². The average Bonchev–Trinajstić information content (AvgIpc) is 3.07. The van der Waals surface area contributed by atoms with Gasteiger partial charge in [-0.1, -0.05) is 6.07 Å². The standard InChI is InChI=1S/C24H25NO6/c1-13-20-17(8-9-18-21(20)15(26)11-24(2,3)31-18)30-22(13)23(27)25-12-14-6-7-16(28-4)19(10-14)29-5/h6-10H,11-12H2,1-5H3,(H,25,27). The van der Waals surface area contributed by atoms with Crippen LogP contribution in [0, 0.1) is 6.92 Å². The maximum atomic E-state index is 12.9. The summed E-state index contributed by atoms with van der Waals surface area (Å²) < 4.78 is 22.4. The first kappa shape index (κ1) is 20.8. The average molecular weight is 423 g/mol. The molecular formula is C24H25NO6. The van der Waals surface area contributed by atoms with Crippen molar-refractivity contribution >= 4 is 22.7 Å². The fourth-order valence-corrected chi connectivity index (χ4v) is 3.96. The molecule has 0 fully saturated rings. The molecule has 1 aliphatic heterocycles. The second kappa shape index (κ2) is 7.65. The third kappa shape index (κ3) is 3.71. The van der Waals surface area contributed by atoms with E-state index in [1.165, 1.54) is 0 Å². The molecule has 1 amide bonds. The molecule has 1 N–H and O–H groups in total. The lowest BCUT2D eigenvalue weighted by atomic mass is 9.90. The highest BCUT2D eigenvalue weighted by atomic mass is 16.5. The summed E-state index contributed by atoms with van der Waals surface area (Å²) in [5.74, 6) is 1.53. The van der Waals surface area contributed by atoms with Gasteiger partial charge in [-0.15, -0.1) is 0 Å². The summed E-state index contributed by atoms with van der Waals surface area (Å²) in [5.41, 5.74) is 1.88. The molecule has 0 atom stereocenters. The zero-order chi connectivity index (χ0) is 22.3.